The zero-order valence-electron chi connectivity index (χ0n) is 48.2. The number of rotatable bonds is 9. The molecule has 0 fully saturated rings. The van der Waals surface area contributed by atoms with Gasteiger partial charge in [0.05, 0.1) is 44.4 Å². The maximum Gasteiger partial charge on any atom is 0.418 e. The number of aryl methyl sites for hydroxylation is 3. The van der Waals surface area contributed by atoms with Crippen LogP contribution in [0.1, 0.15) is 22.3 Å². The minimum absolute atomic E-state index is 0.0101. The second-order valence-electron chi connectivity index (χ2n) is 22.9. The van der Waals surface area contributed by atoms with E-state index in [1.165, 1.54) is 11.6 Å². The van der Waals surface area contributed by atoms with E-state index in [1.807, 2.05) is 118 Å². The molecule has 88 heavy (non-hydrogen) atoms. The van der Waals surface area contributed by atoms with Crippen LogP contribution in [0.4, 0.5) is 13.2 Å². The molecule has 16 aromatic rings. The van der Waals surface area contributed by atoms with Crippen LogP contribution in [0.15, 0.2) is 267 Å². The molecule has 12 aromatic carbocycles. The number of hydrogen-bond acceptors (Lipinski definition) is 3. The first kappa shape index (κ1) is 52.4. The summed E-state index contributed by atoms with van der Waals surface area (Å²) in [6.45, 7) is 6.30. The largest absolute Gasteiger partial charge is 0.418 e. The molecular formula is C79H53F3N6. The second kappa shape index (κ2) is 20.5. The van der Waals surface area contributed by atoms with Crippen molar-refractivity contribution in [2.75, 3.05) is 0 Å². The van der Waals surface area contributed by atoms with Gasteiger partial charge >= 0.3 is 6.18 Å². The van der Waals surface area contributed by atoms with Gasteiger partial charge in [-0.15, -0.1) is 0 Å². The molecule has 0 radical (unpaired) electrons. The molecule has 0 N–H and O–H groups in total. The van der Waals surface area contributed by atoms with Crippen LogP contribution in [0, 0.1) is 20.8 Å². The van der Waals surface area contributed by atoms with E-state index in [0.717, 1.165) is 121 Å². The van der Waals surface area contributed by atoms with Crippen molar-refractivity contribution in [3.8, 4) is 84.6 Å². The normalized spacial score (nSPS) is 12.0. The zero-order chi connectivity index (χ0) is 59.4. The summed E-state index contributed by atoms with van der Waals surface area (Å²) in [7, 11) is 0. The van der Waals surface area contributed by atoms with Crippen molar-refractivity contribution in [3.63, 3.8) is 0 Å². The molecule has 0 unspecified atom stereocenters. The van der Waals surface area contributed by atoms with Gasteiger partial charge in [0.15, 0.2) is 5.82 Å². The smallest absolute Gasteiger partial charge is 0.309 e. The molecule has 0 spiro atoms. The molecule has 0 aliphatic carbocycles. The van der Waals surface area contributed by atoms with Crippen LogP contribution in [-0.2, 0) is 6.18 Å². The Morgan fingerprint density at radius 2 is 0.625 bits per heavy atom. The van der Waals surface area contributed by atoms with E-state index in [-0.39, 0.29) is 29.0 Å². The van der Waals surface area contributed by atoms with Gasteiger partial charge in [-0.1, -0.05) is 188 Å². The number of alkyl halides is 3. The molecule has 9 heteroatoms. The van der Waals surface area contributed by atoms with Crippen molar-refractivity contribution < 1.29 is 13.2 Å². The molecule has 0 amide bonds. The highest BCUT2D eigenvalue weighted by Gasteiger charge is 2.36. The van der Waals surface area contributed by atoms with Crippen LogP contribution in [0.2, 0.25) is 0 Å². The summed E-state index contributed by atoms with van der Waals surface area (Å²) in [5, 5.41) is 5.55. The molecule has 0 aliphatic heterocycles. The first-order valence-electron chi connectivity index (χ1n) is 29.5. The van der Waals surface area contributed by atoms with Crippen molar-refractivity contribution >= 4 is 65.4 Å². The van der Waals surface area contributed by atoms with E-state index in [4.69, 9.17) is 15.0 Å². The van der Waals surface area contributed by atoms with Gasteiger partial charge in [0.1, 0.15) is 0 Å². The Hall–Kier alpha value is -11.2. The second-order valence-corrected chi connectivity index (χ2v) is 22.9. The standard InChI is InChI=1S/C79H53F3N6/c1-48-40-49(2)75(50(3)41-48)59-32-38-69-62(46-59)61-26-16-17-27-68(61)86(69)74-39-33-60(47-67(74)79(80,81)82)76-83-77(87-70-34-28-55(51-18-8-4-9-19-51)42-63(70)64-43-56(29-35-71(64)87)52-20-10-5-11-21-52)85-78(84-76)88-72-36-30-57(53-22-12-6-13-23-53)44-65(72)66-45-58(31-37-73(66)88)54-24-14-7-15-25-54/h4-47H,1-3H3. The summed E-state index contributed by atoms with van der Waals surface area (Å²) < 4.78 is 55.0. The third-order valence-electron chi connectivity index (χ3n) is 17.4. The third kappa shape index (κ3) is 8.76. The summed E-state index contributed by atoms with van der Waals surface area (Å²) >= 11 is 0. The molecule has 0 atom stereocenters. The van der Waals surface area contributed by atoms with Gasteiger partial charge in [0, 0.05) is 37.9 Å². The lowest BCUT2D eigenvalue weighted by molar-refractivity contribution is -0.137. The van der Waals surface area contributed by atoms with Crippen molar-refractivity contribution in [2.24, 2.45) is 0 Å². The Balaban J connectivity index is 0.958. The molecule has 6 nitrogen and oxygen atoms in total. The molecular weight excluding hydrogens is 1090 g/mol. The first-order chi connectivity index (χ1) is 43.0. The van der Waals surface area contributed by atoms with E-state index < -0.39 is 11.7 Å². The summed E-state index contributed by atoms with van der Waals surface area (Å²) in [6.07, 6.45) is -4.81. The molecule has 0 saturated heterocycles. The minimum Gasteiger partial charge on any atom is -0.309 e. The number of hydrogen-bond donors (Lipinski definition) is 0. The van der Waals surface area contributed by atoms with Crippen LogP contribution >= 0.6 is 0 Å². The van der Waals surface area contributed by atoms with Gasteiger partial charge in [0.25, 0.3) is 0 Å². The molecule has 16 rings (SSSR count). The summed E-state index contributed by atoms with van der Waals surface area (Å²) in [6, 6.07) is 89.4. The average Bonchev–Trinajstić information content (AvgIpc) is 1.62. The minimum atomic E-state index is -4.81. The lowest BCUT2D eigenvalue weighted by Crippen LogP contribution is -2.13. The Morgan fingerprint density at radius 3 is 1.05 bits per heavy atom. The molecule has 0 saturated carbocycles. The molecule has 420 valence electrons. The van der Waals surface area contributed by atoms with E-state index in [1.54, 1.807) is 16.7 Å². The van der Waals surface area contributed by atoms with Gasteiger partial charge < -0.3 is 4.57 Å². The number of halogens is 3. The number of benzene rings is 12. The molecule has 4 heterocycles. The lowest BCUT2D eigenvalue weighted by atomic mass is 9.93. The van der Waals surface area contributed by atoms with Crippen LogP contribution in [0.25, 0.3) is 150 Å². The number of nitrogens with zero attached hydrogens (tertiary/aromatic N) is 6. The number of para-hydroxylation sites is 1. The zero-order valence-corrected chi connectivity index (χ0v) is 48.2. The van der Waals surface area contributed by atoms with Crippen molar-refractivity contribution in [3.05, 3.63) is 289 Å². The Morgan fingerprint density at radius 1 is 0.284 bits per heavy atom. The highest BCUT2D eigenvalue weighted by Crippen LogP contribution is 2.44. The number of fused-ring (bicyclic) bond motifs is 9. The Kier molecular flexibility index (Phi) is 12.2. The summed E-state index contributed by atoms with van der Waals surface area (Å²) in [5.74, 6) is 0.555. The van der Waals surface area contributed by atoms with E-state index in [0.29, 0.717) is 11.0 Å². The van der Waals surface area contributed by atoms with Crippen LogP contribution in [0.5, 0.6) is 0 Å². The quantitative estimate of drug-likeness (QED) is 0.145. The van der Waals surface area contributed by atoms with E-state index in [2.05, 4.69) is 160 Å². The monoisotopic (exact) mass is 1140 g/mol. The third-order valence-corrected chi connectivity index (χ3v) is 17.4. The highest BCUT2D eigenvalue weighted by atomic mass is 19.4. The fourth-order valence-corrected chi connectivity index (χ4v) is 13.5. The first-order valence-corrected chi connectivity index (χ1v) is 29.5. The molecule has 0 bridgehead atoms. The predicted octanol–water partition coefficient (Wildman–Crippen LogP) is 21.1. The Labute approximate surface area is 505 Å². The summed E-state index contributed by atoms with van der Waals surface area (Å²) in [5.41, 5.74) is 17.9. The maximum atomic E-state index is 16.4. The van der Waals surface area contributed by atoms with Crippen LogP contribution in [0.3, 0.4) is 0 Å². The van der Waals surface area contributed by atoms with Gasteiger partial charge in [-0.25, -0.2) is 0 Å². The van der Waals surface area contributed by atoms with Gasteiger partial charge in [-0.2, -0.15) is 28.1 Å². The fraction of sp³-hybridized carbons (Fsp3) is 0.0506. The molecule has 4 aromatic heterocycles. The highest BCUT2D eigenvalue weighted by molar-refractivity contribution is 6.14. The van der Waals surface area contributed by atoms with Gasteiger partial charge in [-0.3, -0.25) is 9.13 Å². The molecule has 0 aliphatic rings. The topological polar surface area (TPSA) is 53.5 Å². The van der Waals surface area contributed by atoms with Crippen molar-refractivity contribution in [1.82, 2.24) is 28.7 Å². The van der Waals surface area contributed by atoms with Crippen LogP contribution < -0.4 is 0 Å². The lowest BCUT2D eigenvalue weighted by Gasteiger charge is -2.18. The summed E-state index contributed by atoms with van der Waals surface area (Å²) in [4.78, 5) is 16.1. The maximum absolute atomic E-state index is 16.4. The SMILES string of the molecule is Cc1cc(C)c(-c2ccc3c(c2)c2ccccc2n3-c2ccc(-c3nc(-n4c5ccc(-c6ccccc6)cc5c5cc(-c6ccccc6)ccc54)nc(-n4c5ccc(-c6ccccc6)cc5c5cc(-c6ccccc6)ccc54)n3)cc2C(F)(F)F)c(C)c1. The Bertz CT molecular complexity index is 5010. The van der Waals surface area contributed by atoms with Gasteiger partial charge in [-0.05, 0) is 172 Å². The fourth-order valence-electron chi connectivity index (χ4n) is 13.5. The van der Waals surface area contributed by atoms with Crippen molar-refractivity contribution in [2.45, 2.75) is 26.9 Å². The van der Waals surface area contributed by atoms with E-state index in [9.17, 15) is 0 Å². The van der Waals surface area contributed by atoms with E-state index >= 15 is 13.2 Å². The van der Waals surface area contributed by atoms with Crippen molar-refractivity contribution in [1.29, 1.82) is 0 Å². The van der Waals surface area contributed by atoms with Gasteiger partial charge in [0.2, 0.25) is 11.9 Å². The van der Waals surface area contributed by atoms with Crippen LogP contribution in [-0.4, -0.2) is 28.7 Å². The average molecular weight is 1140 g/mol. The number of aromatic nitrogens is 6. The predicted molar refractivity (Wildman–Crippen MR) is 355 cm³/mol.